The molecule has 2 aromatic carbocycles. The molecule has 1 heterocycles. The lowest BCUT2D eigenvalue weighted by molar-refractivity contribution is -0.124. The van der Waals surface area contributed by atoms with E-state index in [0.717, 1.165) is 5.69 Å². The smallest absolute Gasteiger partial charge is 0.338 e. The number of carbonyl (C=O) groups excluding carboxylic acids is 2. The topological polar surface area (TPSA) is 96.0 Å². The molecular formula is C23H28FN3O5S. The normalized spacial score (nSPS) is 14.8. The van der Waals surface area contributed by atoms with Gasteiger partial charge in [0.1, 0.15) is 5.82 Å². The molecule has 33 heavy (non-hydrogen) atoms. The number of benzene rings is 2. The van der Waals surface area contributed by atoms with Crippen LogP contribution in [0.25, 0.3) is 0 Å². The van der Waals surface area contributed by atoms with Crippen molar-refractivity contribution in [2.24, 2.45) is 5.92 Å². The predicted molar refractivity (Wildman–Crippen MR) is 122 cm³/mol. The molecule has 1 aliphatic heterocycles. The summed E-state index contributed by atoms with van der Waals surface area (Å²) in [4.78, 5) is 26.0. The van der Waals surface area contributed by atoms with Crippen molar-refractivity contribution in [1.29, 1.82) is 0 Å². The monoisotopic (exact) mass is 477 g/mol. The van der Waals surface area contributed by atoms with Gasteiger partial charge in [-0.15, -0.1) is 0 Å². The second-order valence-electron chi connectivity index (χ2n) is 8.17. The van der Waals surface area contributed by atoms with Crippen LogP contribution in [0.3, 0.4) is 0 Å². The fourth-order valence-electron chi connectivity index (χ4n) is 3.35. The second-order valence-corrected chi connectivity index (χ2v) is 10.1. The molecule has 178 valence electrons. The van der Waals surface area contributed by atoms with E-state index in [2.05, 4.69) is 5.32 Å². The van der Waals surface area contributed by atoms with Gasteiger partial charge in [-0.25, -0.2) is 17.6 Å². The van der Waals surface area contributed by atoms with E-state index in [1.165, 1.54) is 40.7 Å². The molecule has 0 atom stereocenters. The zero-order valence-electron chi connectivity index (χ0n) is 18.7. The molecule has 0 aliphatic carbocycles. The Kier molecular flexibility index (Phi) is 8.04. The molecule has 1 amide bonds. The molecular weight excluding hydrogens is 449 g/mol. The van der Waals surface area contributed by atoms with Crippen LogP contribution in [0.2, 0.25) is 0 Å². The van der Waals surface area contributed by atoms with Gasteiger partial charge in [0.05, 0.1) is 10.5 Å². The summed E-state index contributed by atoms with van der Waals surface area (Å²) < 4.78 is 45.7. The van der Waals surface area contributed by atoms with Gasteiger partial charge >= 0.3 is 5.97 Å². The Hall–Kier alpha value is -2.98. The van der Waals surface area contributed by atoms with Crippen molar-refractivity contribution >= 4 is 27.6 Å². The van der Waals surface area contributed by atoms with E-state index >= 15 is 0 Å². The Labute approximate surface area is 193 Å². The van der Waals surface area contributed by atoms with Gasteiger partial charge in [0.2, 0.25) is 10.0 Å². The van der Waals surface area contributed by atoms with E-state index < -0.39 is 28.5 Å². The summed E-state index contributed by atoms with van der Waals surface area (Å²) in [6, 6.07) is 11.7. The van der Waals surface area contributed by atoms with Crippen LogP contribution in [-0.2, 0) is 19.6 Å². The van der Waals surface area contributed by atoms with E-state index in [1.807, 2.05) is 18.7 Å². The maximum Gasteiger partial charge on any atom is 0.338 e. The van der Waals surface area contributed by atoms with Crippen molar-refractivity contribution < 1.29 is 27.1 Å². The number of hydrogen-bond acceptors (Lipinski definition) is 6. The average molecular weight is 478 g/mol. The van der Waals surface area contributed by atoms with Crippen LogP contribution in [0.4, 0.5) is 10.1 Å². The van der Waals surface area contributed by atoms with Gasteiger partial charge < -0.3 is 15.0 Å². The van der Waals surface area contributed by atoms with Crippen LogP contribution >= 0.6 is 0 Å². The fourth-order valence-corrected chi connectivity index (χ4v) is 4.82. The summed E-state index contributed by atoms with van der Waals surface area (Å²) in [6.07, 6.45) is 0. The van der Waals surface area contributed by atoms with E-state index in [0.29, 0.717) is 19.6 Å². The lowest BCUT2D eigenvalue weighted by Crippen LogP contribution is -2.48. The van der Waals surface area contributed by atoms with Gasteiger partial charge in [0, 0.05) is 38.4 Å². The fraction of sp³-hybridized carbons (Fsp3) is 0.391. The highest BCUT2D eigenvalue weighted by Crippen LogP contribution is 2.22. The number of esters is 1. The summed E-state index contributed by atoms with van der Waals surface area (Å²) in [6.45, 7) is 5.35. The minimum atomic E-state index is -3.82. The number of carbonyl (C=O) groups is 2. The highest BCUT2D eigenvalue weighted by molar-refractivity contribution is 7.89. The van der Waals surface area contributed by atoms with Crippen LogP contribution in [0.5, 0.6) is 0 Å². The zero-order valence-corrected chi connectivity index (χ0v) is 19.5. The quantitative estimate of drug-likeness (QED) is 0.586. The minimum Gasteiger partial charge on any atom is -0.452 e. The SMILES string of the molecule is CC(C)CNC(=O)COC(=O)c1cccc(S(=O)(=O)N2CCN(c3ccc(F)cc3)CC2)c1. The number of piperazine rings is 1. The number of nitrogens with zero attached hydrogens (tertiary/aromatic N) is 2. The maximum absolute atomic E-state index is 13.1. The third-order valence-electron chi connectivity index (χ3n) is 5.18. The first kappa shape index (κ1) is 24.7. The molecule has 0 unspecified atom stereocenters. The van der Waals surface area contributed by atoms with Crippen molar-refractivity contribution in [3.63, 3.8) is 0 Å². The number of hydrogen-bond donors (Lipinski definition) is 1. The van der Waals surface area contributed by atoms with Gasteiger partial charge in [-0.3, -0.25) is 4.79 Å². The number of halogens is 1. The standard InChI is InChI=1S/C23H28FN3O5S/c1-17(2)15-25-22(28)16-32-23(29)18-4-3-5-21(14-18)33(30,31)27-12-10-26(11-13-27)20-8-6-19(24)7-9-20/h3-9,14,17H,10-13,15-16H2,1-2H3,(H,25,28). The Morgan fingerprint density at radius 1 is 1.06 bits per heavy atom. The van der Waals surface area contributed by atoms with E-state index in [4.69, 9.17) is 4.74 Å². The largest absolute Gasteiger partial charge is 0.452 e. The highest BCUT2D eigenvalue weighted by Gasteiger charge is 2.29. The number of sulfonamides is 1. The lowest BCUT2D eigenvalue weighted by Gasteiger charge is -2.35. The summed E-state index contributed by atoms with van der Waals surface area (Å²) in [5.41, 5.74) is 0.883. The van der Waals surface area contributed by atoms with Crippen LogP contribution < -0.4 is 10.2 Å². The highest BCUT2D eigenvalue weighted by atomic mass is 32.2. The third kappa shape index (κ3) is 6.52. The van der Waals surface area contributed by atoms with Crippen LogP contribution in [0.15, 0.2) is 53.4 Å². The first-order chi connectivity index (χ1) is 15.7. The molecule has 1 aliphatic rings. The van der Waals surface area contributed by atoms with Crippen molar-refractivity contribution in [2.75, 3.05) is 44.2 Å². The Balaban J connectivity index is 1.61. The summed E-state index contributed by atoms with van der Waals surface area (Å²) in [7, 11) is -3.82. The number of nitrogens with one attached hydrogen (secondary N) is 1. The number of rotatable bonds is 8. The van der Waals surface area contributed by atoms with Crippen LogP contribution in [0.1, 0.15) is 24.2 Å². The molecule has 0 radical (unpaired) electrons. The van der Waals surface area contributed by atoms with Gasteiger partial charge in [-0.1, -0.05) is 19.9 Å². The van der Waals surface area contributed by atoms with Gasteiger partial charge in [-0.2, -0.15) is 4.31 Å². The molecule has 1 fully saturated rings. The lowest BCUT2D eigenvalue weighted by atomic mass is 10.2. The number of amides is 1. The molecule has 0 saturated carbocycles. The zero-order chi connectivity index (χ0) is 24.0. The number of anilines is 1. The molecule has 8 nitrogen and oxygen atoms in total. The van der Waals surface area contributed by atoms with Crippen LogP contribution in [-0.4, -0.2) is 63.9 Å². The molecule has 10 heteroatoms. The summed E-state index contributed by atoms with van der Waals surface area (Å²) >= 11 is 0. The third-order valence-corrected chi connectivity index (χ3v) is 7.07. The molecule has 0 bridgehead atoms. The van der Waals surface area contributed by atoms with Crippen molar-refractivity contribution in [2.45, 2.75) is 18.7 Å². The van der Waals surface area contributed by atoms with Crippen LogP contribution in [0, 0.1) is 11.7 Å². The molecule has 1 N–H and O–H groups in total. The Morgan fingerprint density at radius 2 is 1.73 bits per heavy atom. The van der Waals surface area contributed by atoms with E-state index in [-0.39, 0.29) is 35.3 Å². The maximum atomic E-state index is 13.1. The summed E-state index contributed by atoms with van der Waals surface area (Å²) in [5.74, 6) is -1.24. The first-order valence-electron chi connectivity index (χ1n) is 10.7. The predicted octanol–water partition coefficient (Wildman–Crippen LogP) is 2.27. The molecule has 1 saturated heterocycles. The number of ether oxygens (including phenoxy) is 1. The van der Waals surface area contributed by atoms with Crippen molar-refractivity contribution in [3.05, 3.63) is 59.9 Å². The first-order valence-corrected chi connectivity index (χ1v) is 12.2. The Bertz CT molecular complexity index is 1080. The molecule has 2 aromatic rings. The van der Waals surface area contributed by atoms with E-state index in [9.17, 15) is 22.4 Å². The van der Waals surface area contributed by atoms with Gasteiger partial charge in [-0.05, 0) is 48.4 Å². The van der Waals surface area contributed by atoms with Gasteiger partial charge in [0.25, 0.3) is 5.91 Å². The summed E-state index contributed by atoms with van der Waals surface area (Å²) in [5, 5.41) is 2.64. The second kappa shape index (κ2) is 10.8. The van der Waals surface area contributed by atoms with E-state index in [1.54, 1.807) is 12.1 Å². The van der Waals surface area contributed by atoms with Crippen molar-refractivity contribution in [3.8, 4) is 0 Å². The minimum absolute atomic E-state index is 0.0172. The average Bonchev–Trinajstić information content (AvgIpc) is 2.82. The molecule has 3 rings (SSSR count). The Morgan fingerprint density at radius 3 is 2.36 bits per heavy atom. The van der Waals surface area contributed by atoms with Gasteiger partial charge in [0.15, 0.2) is 6.61 Å². The molecule has 0 spiro atoms. The molecule has 0 aromatic heterocycles. The van der Waals surface area contributed by atoms with Crippen molar-refractivity contribution in [1.82, 2.24) is 9.62 Å².